The van der Waals surface area contributed by atoms with Crippen LogP contribution in [-0.4, -0.2) is 0 Å². The lowest BCUT2D eigenvalue weighted by atomic mass is 9.99. The maximum atomic E-state index is 13.4. The van der Waals surface area contributed by atoms with Crippen LogP contribution in [0.15, 0.2) is 36.4 Å². The van der Waals surface area contributed by atoms with Gasteiger partial charge in [0.15, 0.2) is 0 Å². The van der Waals surface area contributed by atoms with E-state index in [9.17, 15) is 4.39 Å². The average Bonchev–Trinajstić information content (AvgIpc) is 2.38. The summed E-state index contributed by atoms with van der Waals surface area (Å²) in [5.41, 5.74) is 7.55. The molecule has 0 aromatic heterocycles. The van der Waals surface area contributed by atoms with E-state index in [0.717, 1.165) is 5.56 Å². The second-order valence-electron chi connectivity index (χ2n) is 4.20. The predicted molar refractivity (Wildman–Crippen MR) is 78.5 cm³/mol. The van der Waals surface area contributed by atoms with Gasteiger partial charge in [-0.1, -0.05) is 53.0 Å². The topological polar surface area (TPSA) is 26.0 Å². The molecular formula is C14H11Cl3FN. The van der Waals surface area contributed by atoms with Gasteiger partial charge in [0.25, 0.3) is 0 Å². The van der Waals surface area contributed by atoms with Gasteiger partial charge in [-0.25, -0.2) is 4.39 Å². The van der Waals surface area contributed by atoms with E-state index < -0.39 is 5.82 Å². The van der Waals surface area contributed by atoms with Crippen molar-refractivity contribution < 1.29 is 4.39 Å². The Hall–Kier alpha value is -0.800. The zero-order chi connectivity index (χ0) is 14.0. The van der Waals surface area contributed by atoms with Gasteiger partial charge in [0, 0.05) is 6.04 Å². The third-order valence-corrected chi connectivity index (χ3v) is 4.01. The molecule has 0 amide bonds. The lowest BCUT2D eigenvalue weighted by Crippen LogP contribution is -2.14. The fraction of sp³-hybridized carbons (Fsp3) is 0.143. The molecule has 0 aliphatic carbocycles. The van der Waals surface area contributed by atoms with Crippen molar-refractivity contribution in [3.05, 3.63) is 68.4 Å². The summed E-state index contributed by atoms with van der Waals surface area (Å²) in [6.07, 6.45) is 0.473. The van der Waals surface area contributed by atoms with Gasteiger partial charge in [-0.15, -0.1) is 0 Å². The highest BCUT2D eigenvalue weighted by atomic mass is 35.5. The predicted octanol–water partition coefficient (Wildman–Crippen LogP) is 5.03. The first kappa shape index (κ1) is 14.6. The Morgan fingerprint density at radius 1 is 1.05 bits per heavy atom. The van der Waals surface area contributed by atoms with Crippen LogP contribution in [0, 0.1) is 5.82 Å². The van der Waals surface area contributed by atoms with Gasteiger partial charge in [-0.3, -0.25) is 0 Å². The van der Waals surface area contributed by atoms with E-state index in [0.29, 0.717) is 22.0 Å². The SMILES string of the molecule is NC(Cc1cccc(Cl)c1Cl)c1ccc(Cl)c(F)c1. The van der Waals surface area contributed by atoms with Crippen molar-refractivity contribution >= 4 is 34.8 Å². The second-order valence-corrected chi connectivity index (χ2v) is 5.39. The molecule has 2 aromatic carbocycles. The molecule has 0 heterocycles. The fourth-order valence-corrected chi connectivity index (χ4v) is 2.32. The van der Waals surface area contributed by atoms with E-state index in [1.807, 2.05) is 6.07 Å². The summed E-state index contributed by atoms with van der Waals surface area (Å²) < 4.78 is 13.4. The highest BCUT2D eigenvalue weighted by Gasteiger charge is 2.12. The smallest absolute Gasteiger partial charge is 0.142 e. The molecule has 19 heavy (non-hydrogen) atoms. The van der Waals surface area contributed by atoms with Gasteiger partial charge in [0.1, 0.15) is 5.82 Å². The van der Waals surface area contributed by atoms with Crippen molar-refractivity contribution in [1.82, 2.24) is 0 Å². The van der Waals surface area contributed by atoms with Crippen molar-refractivity contribution in [2.75, 3.05) is 0 Å². The molecule has 1 atom stereocenters. The van der Waals surface area contributed by atoms with Gasteiger partial charge < -0.3 is 5.73 Å². The van der Waals surface area contributed by atoms with Crippen LogP contribution in [0.5, 0.6) is 0 Å². The minimum absolute atomic E-state index is 0.0803. The number of benzene rings is 2. The molecule has 0 spiro atoms. The quantitative estimate of drug-likeness (QED) is 0.844. The van der Waals surface area contributed by atoms with Crippen LogP contribution in [0.25, 0.3) is 0 Å². The number of rotatable bonds is 3. The lowest BCUT2D eigenvalue weighted by Gasteiger charge is -2.14. The zero-order valence-corrected chi connectivity index (χ0v) is 12.1. The zero-order valence-electron chi connectivity index (χ0n) is 9.84. The molecule has 1 nitrogen and oxygen atoms in total. The van der Waals surface area contributed by atoms with Crippen LogP contribution in [0.3, 0.4) is 0 Å². The van der Waals surface area contributed by atoms with Crippen LogP contribution in [0.1, 0.15) is 17.2 Å². The normalized spacial score (nSPS) is 12.5. The van der Waals surface area contributed by atoms with Gasteiger partial charge >= 0.3 is 0 Å². The standard InChI is InChI=1S/C14H11Cl3FN/c15-10-5-4-8(6-12(10)18)13(19)7-9-2-1-3-11(16)14(9)17/h1-6,13H,7,19H2. The number of hydrogen-bond donors (Lipinski definition) is 1. The van der Waals surface area contributed by atoms with Crippen molar-refractivity contribution in [3.63, 3.8) is 0 Å². The summed E-state index contributed by atoms with van der Waals surface area (Å²) in [6, 6.07) is 9.52. The minimum Gasteiger partial charge on any atom is -0.324 e. The fourth-order valence-electron chi connectivity index (χ4n) is 1.80. The van der Waals surface area contributed by atoms with E-state index in [4.69, 9.17) is 40.5 Å². The molecule has 0 saturated carbocycles. The first-order chi connectivity index (χ1) is 8.99. The van der Waals surface area contributed by atoms with Crippen molar-refractivity contribution in [2.24, 2.45) is 5.73 Å². The minimum atomic E-state index is -0.480. The summed E-state index contributed by atoms with van der Waals surface area (Å²) in [4.78, 5) is 0. The molecule has 0 radical (unpaired) electrons. The Kier molecular flexibility index (Phi) is 4.69. The molecule has 0 aliphatic heterocycles. The van der Waals surface area contributed by atoms with Gasteiger partial charge in [0.2, 0.25) is 0 Å². The summed E-state index contributed by atoms with van der Waals surface area (Å²) in [6.45, 7) is 0. The average molecular weight is 319 g/mol. The van der Waals surface area contributed by atoms with Gasteiger partial charge in [-0.05, 0) is 35.7 Å². The van der Waals surface area contributed by atoms with Gasteiger partial charge in [0.05, 0.1) is 15.1 Å². The molecule has 5 heteroatoms. The molecule has 0 saturated heterocycles. The summed E-state index contributed by atoms with van der Waals surface area (Å²) in [5.74, 6) is -0.480. The van der Waals surface area contributed by atoms with Crippen LogP contribution in [-0.2, 0) is 6.42 Å². The molecule has 0 fully saturated rings. The Bertz CT molecular complexity index is 601. The third-order valence-electron chi connectivity index (χ3n) is 2.84. The molecule has 1 unspecified atom stereocenters. The molecule has 2 rings (SSSR count). The maximum Gasteiger partial charge on any atom is 0.142 e. The number of nitrogens with two attached hydrogens (primary N) is 1. The van der Waals surface area contributed by atoms with Crippen LogP contribution >= 0.6 is 34.8 Å². The van der Waals surface area contributed by atoms with Crippen LogP contribution in [0.4, 0.5) is 4.39 Å². The largest absolute Gasteiger partial charge is 0.324 e. The van der Waals surface area contributed by atoms with Crippen molar-refractivity contribution in [1.29, 1.82) is 0 Å². The Balaban J connectivity index is 2.23. The molecule has 0 aliphatic rings. The summed E-state index contributed by atoms with van der Waals surface area (Å²) in [5, 5.41) is 1.04. The van der Waals surface area contributed by atoms with E-state index in [1.165, 1.54) is 12.1 Å². The molecule has 2 N–H and O–H groups in total. The Morgan fingerprint density at radius 3 is 2.47 bits per heavy atom. The number of hydrogen-bond acceptors (Lipinski definition) is 1. The molecule has 2 aromatic rings. The van der Waals surface area contributed by atoms with Crippen molar-refractivity contribution in [2.45, 2.75) is 12.5 Å². The monoisotopic (exact) mass is 317 g/mol. The Labute approximate surface area is 126 Å². The molecule has 100 valence electrons. The van der Waals surface area contributed by atoms with Crippen molar-refractivity contribution in [3.8, 4) is 0 Å². The van der Waals surface area contributed by atoms with E-state index >= 15 is 0 Å². The molecule has 0 bridgehead atoms. The van der Waals surface area contributed by atoms with E-state index in [1.54, 1.807) is 18.2 Å². The Morgan fingerprint density at radius 2 is 1.79 bits per heavy atom. The molecular weight excluding hydrogens is 308 g/mol. The van der Waals surface area contributed by atoms with E-state index in [-0.39, 0.29) is 11.1 Å². The lowest BCUT2D eigenvalue weighted by molar-refractivity contribution is 0.619. The van der Waals surface area contributed by atoms with Crippen LogP contribution < -0.4 is 5.73 Å². The first-order valence-electron chi connectivity index (χ1n) is 5.62. The second kappa shape index (κ2) is 6.10. The highest BCUT2D eigenvalue weighted by molar-refractivity contribution is 6.42. The van der Waals surface area contributed by atoms with Gasteiger partial charge in [-0.2, -0.15) is 0 Å². The highest BCUT2D eigenvalue weighted by Crippen LogP contribution is 2.29. The number of halogens is 4. The van der Waals surface area contributed by atoms with Crippen LogP contribution in [0.2, 0.25) is 15.1 Å². The summed E-state index contributed by atoms with van der Waals surface area (Å²) >= 11 is 17.7. The first-order valence-corrected chi connectivity index (χ1v) is 6.76. The third kappa shape index (κ3) is 3.40. The van der Waals surface area contributed by atoms with E-state index in [2.05, 4.69) is 0 Å². The maximum absolute atomic E-state index is 13.4. The summed E-state index contributed by atoms with van der Waals surface area (Å²) in [7, 11) is 0.